The van der Waals surface area contributed by atoms with Crippen molar-refractivity contribution in [3.63, 3.8) is 0 Å². The lowest BCUT2D eigenvalue weighted by Gasteiger charge is -2.39. The third-order valence-corrected chi connectivity index (χ3v) is 6.08. The molecule has 0 atom stereocenters. The molecule has 11 heteroatoms. The second-order valence-corrected chi connectivity index (χ2v) is 8.13. The highest BCUT2D eigenvalue weighted by Crippen LogP contribution is 2.24. The molecule has 0 bridgehead atoms. The number of nitrogens with zero attached hydrogens (tertiary/aromatic N) is 2. The summed E-state index contributed by atoms with van der Waals surface area (Å²) >= 11 is 0. The van der Waals surface area contributed by atoms with Gasteiger partial charge in [-0.2, -0.15) is 4.98 Å². The maximum absolute atomic E-state index is 13.4. The summed E-state index contributed by atoms with van der Waals surface area (Å²) in [5.41, 5.74) is -0.822. The molecule has 3 rings (SSSR count). The van der Waals surface area contributed by atoms with Crippen LogP contribution < -0.4 is 25.4 Å². The highest BCUT2D eigenvalue weighted by atomic mass is 16.6. The number of carbonyl (C=O) groups is 3. The molecule has 3 N–H and O–H groups in total. The van der Waals surface area contributed by atoms with E-state index < -0.39 is 11.4 Å². The molecule has 0 spiro atoms. The fraction of sp³-hybridized carbons (Fsp3) is 0.636. The van der Waals surface area contributed by atoms with E-state index in [4.69, 9.17) is 14.2 Å². The minimum atomic E-state index is -1.05. The number of piperidine rings is 2. The first-order valence-electron chi connectivity index (χ1n) is 11.3. The molecule has 0 unspecified atom stereocenters. The fourth-order valence-corrected chi connectivity index (χ4v) is 4.16. The summed E-state index contributed by atoms with van der Waals surface area (Å²) in [7, 11) is 2.90. The lowest BCUT2D eigenvalue weighted by Crippen LogP contribution is -2.64. The monoisotopic (exact) mass is 463 g/mol. The van der Waals surface area contributed by atoms with Gasteiger partial charge >= 0.3 is 6.09 Å². The third kappa shape index (κ3) is 5.84. The molecule has 0 saturated carbocycles. The summed E-state index contributed by atoms with van der Waals surface area (Å²) in [6.45, 7) is 4.34. The summed E-state index contributed by atoms with van der Waals surface area (Å²) in [5, 5.41) is 9.29. The van der Waals surface area contributed by atoms with Crippen LogP contribution >= 0.6 is 0 Å². The van der Waals surface area contributed by atoms with E-state index in [9.17, 15) is 14.4 Å². The van der Waals surface area contributed by atoms with Crippen LogP contribution in [-0.2, 0) is 9.53 Å². The average Bonchev–Trinajstić information content (AvgIpc) is 2.84. The second-order valence-electron chi connectivity index (χ2n) is 8.13. The highest BCUT2D eigenvalue weighted by Gasteiger charge is 2.42. The number of likely N-dealkylation sites (tertiary alicyclic amines) is 1. The topological polar surface area (TPSA) is 131 Å². The molecular formula is C22H33N5O6. The van der Waals surface area contributed by atoms with Crippen LogP contribution in [0.5, 0.6) is 11.8 Å². The molecular weight excluding hydrogens is 430 g/mol. The number of carbonyl (C=O) groups excluding carboxylic acids is 3. The van der Waals surface area contributed by atoms with Crippen molar-refractivity contribution in [2.24, 2.45) is 0 Å². The quantitative estimate of drug-likeness (QED) is 0.538. The van der Waals surface area contributed by atoms with Gasteiger partial charge in [-0.25, -0.2) is 4.79 Å². The van der Waals surface area contributed by atoms with E-state index in [1.54, 1.807) is 24.0 Å². The van der Waals surface area contributed by atoms with E-state index in [-0.39, 0.29) is 29.5 Å². The Morgan fingerprint density at radius 1 is 1.15 bits per heavy atom. The van der Waals surface area contributed by atoms with Crippen LogP contribution in [0.4, 0.5) is 4.79 Å². The van der Waals surface area contributed by atoms with Gasteiger partial charge in [0.15, 0.2) is 0 Å². The van der Waals surface area contributed by atoms with Crippen molar-refractivity contribution in [3.05, 3.63) is 17.7 Å². The number of amides is 3. The van der Waals surface area contributed by atoms with E-state index in [0.29, 0.717) is 64.3 Å². The maximum Gasteiger partial charge on any atom is 0.409 e. The summed E-state index contributed by atoms with van der Waals surface area (Å²) in [6, 6.07) is 3.06. The third-order valence-electron chi connectivity index (χ3n) is 6.08. The van der Waals surface area contributed by atoms with Gasteiger partial charge in [-0.15, -0.1) is 0 Å². The van der Waals surface area contributed by atoms with Crippen LogP contribution in [0, 0.1) is 0 Å². The Morgan fingerprint density at radius 3 is 2.45 bits per heavy atom. The largest absolute Gasteiger partial charge is 0.481 e. The number of rotatable bonds is 7. The van der Waals surface area contributed by atoms with Gasteiger partial charge in [0.05, 0.1) is 20.8 Å². The first-order valence-corrected chi connectivity index (χ1v) is 11.3. The van der Waals surface area contributed by atoms with Crippen molar-refractivity contribution >= 4 is 17.9 Å². The molecule has 0 aromatic carbocycles. The van der Waals surface area contributed by atoms with E-state index >= 15 is 0 Å². The van der Waals surface area contributed by atoms with Crippen LogP contribution in [0.2, 0.25) is 0 Å². The Bertz CT molecular complexity index is 850. The normalized spacial score (nSPS) is 18.2. The van der Waals surface area contributed by atoms with E-state index in [2.05, 4.69) is 20.9 Å². The van der Waals surface area contributed by atoms with Crippen molar-refractivity contribution < 1.29 is 28.6 Å². The zero-order valence-electron chi connectivity index (χ0n) is 19.4. The smallest absolute Gasteiger partial charge is 0.409 e. The molecule has 1 aromatic heterocycles. The number of pyridine rings is 1. The zero-order valence-corrected chi connectivity index (χ0v) is 19.4. The minimum Gasteiger partial charge on any atom is -0.481 e. The van der Waals surface area contributed by atoms with Crippen LogP contribution in [0.25, 0.3) is 0 Å². The first-order chi connectivity index (χ1) is 15.9. The maximum atomic E-state index is 13.4. The molecule has 0 aliphatic carbocycles. The highest BCUT2D eigenvalue weighted by molar-refractivity contribution is 6.01. The van der Waals surface area contributed by atoms with Gasteiger partial charge in [0.2, 0.25) is 17.7 Å². The Morgan fingerprint density at radius 2 is 1.85 bits per heavy atom. The van der Waals surface area contributed by atoms with Gasteiger partial charge in [-0.05, 0) is 51.8 Å². The van der Waals surface area contributed by atoms with Gasteiger partial charge in [0.1, 0.15) is 11.1 Å². The lowest BCUT2D eigenvalue weighted by molar-refractivity contribution is -0.129. The molecule has 2 saturated heterocycles. The Balaban J connectivity index is 1.68. The molecule has 2 aliphatic heterocycles. The molecule has 2 aliphatic rings. The van der Waals surface area contributed by atoms with E-state index in [1.165, 1.54) is 14.2 Å². The number of hydrogen-bond donors (Lipinski definition) is 3. The average molecular weight is 464 g/mol. The summed E-state index contributed by atoms with van der Waals surface area (Å²) in [4.78, 5) is 44.3. The van der Waals surface area contributed by atoms with Crippen molar-refractivity contribution in [2.45, 2.75) is 44.2 Å². The summed E-state index contributed by atoms with van der Waals surface area (Å²) in [5.74, 6) is -0.196. The number of nitrogens with one attached hydrogen (secondary N) is 3. The van der Waals surface area contributed by atoms with Gasteiger partial charge in [-0.3, -0.25) is 9.59 Å². The molecule has 0 radical (unpaired) electrons. The summed E-state index contributed by atoms with van der Waals surface area (Å²) < 4.78 is 15.4. The SMILES string of the molecule is CCOC(=O)N1CCC(NC(=O)C2(NC(=O)c3ccc(OC)nc3OC)CCNCC2)CC1. The lowest BCUT2D eigenvalue weighted by atomic mass is 9.86. The number of ether oxygens (including phenoxy) is 3. The molecule has 3 amide bonds. The molecule has 11 nitrogen and oxygen atoms in total. The van der Waals surface area contributed by atoms with Gasteiger partial charge < -0.3 is 35.1 Å². The number of hydrogen-bond acceptors (Lipinski definition) is 8. The van der Waals surface area contributed by atoms with E-state index in [0.717, 1.165) is 0 Å². The van der Waals surface area contributed by atoms with Gasteiger partial charge in [0, 0.05) is 25.2 Å². The van der Waals surface area contributed by atoms with Crippen molar-refractivity contribution in [1.82, 2.24) is 25.8 Å². The molecule has 182 valence electrons. The molecule has 3 heterocycles. The van der Waals surface area contributed by atoms with Crippen molar-refractivity contribution in [2.75, 3.05) is 47.0 Å². The predicted octanol–water partition coefficient (Wildman–Crippen LogP) is 0.688. The Kier molecular flexibility index (Phi) is 8.32. The summed E-state index contributed by atoms with van der Waals surface area (Å²) in [6.07, 6.45) is 1.84. The molecule has 33 heavy (non-hydrogen) atoms. The van der Waals surface area contributed by atoms with Gasteiger partial charge in [0.25, 0.3) is 5.91 Å². The van der Waals surface area contributed by atoms with Crippen molar-refractivity contribution in [1.29, 1.82) is 0 Å². The number of aromatic nitrogens is 1. The zero-order chi connectivity index (χ0) is 23.8. The first kappa shape index (κ1) is 24.6. The van der Waals surface area contributed by atoms with Crippen LogP contribution in [-0.4, -0.2) is 86.4 Å². The number of methoxy groups -OCH3 is 2. The van der Waals surface area contributed by atoms with Crippen molar-refractivity contribution in [3.8, 4) is 11.8 Å². The molecule has 1 aromatic rings. The predicted molar refractivity (Wildman–Crippen MR) is 119 cm³/mol. The van der Waals surface area contributed by atoms with Crippen LogP contribution in [0.3, 0.4) is 0 Å². The second kappa shape index (κ2) is 11.2. The molecule has 2 fully saturated rings. The van der Waals surface area contributed by atoms with Gasteiger partial charge in [-0.1, -0.05) is 0 Å². The Hall–Kier alpha value is -3.08. The Labute approximate surface area is 193 Å². The van der Waals surface area contributed by atoms with E-state index in [1.807, 2.05) is 0 Å². The minimum absolute atomic E-state index is 0.0796. The van der Waals surface area contributed by atoms with Crippen LogP contribution in [0.1, 0.15) is 43.0 Å². The fourth-order valence-electron chi connectivity index (χ4n) is 4.16. The standard InChI is InChI=1S/C22H33N5O6/c1-4-33-21(30)27-13-7-15(8-14-27)24-20(29)22(9-11-23-12-10-22)26-18(28)16-5-6-17(31-2)25-19(16)32-3/h5-6,15,23H,4,7-14H2,1-3H3,(H,24,29)(H,26,28). The van der Waals surface area contributed by atoms with Crippen LogP contribution in [0.15, 0.2) is 12.1 Å².